The highest BCUT2D eigenvalue weighted by molar-refractivity contribution is 5.95. The van der Waals surface area contributed by atoms with Gasteiger partial charge in [0.2, 0.25) is 5.91 Å². The normalized spacial score (nSPS) is 17.0. The van der Waals surface area contributed by atoms with Crippen molar-refractivity contribution < 1.29 is 14.3 Å². The molecule has 5 heteroatoms. The van der Waals surface area contributed by atoms with E-state index in [9.17, 15) is 9.59 Å². The van der Waals surface area contributed by atoms with E-state index in [-0.39, 0.29) is 11.8 Å². The molecule has 0 bridgehead atoms. The fourth-order valence-electron chi connectivity index (χ4n) is 5.04. The summed E-state index contributed by atoms with van der Waals surface area (Å²) in [4.78, 5) is 29.6. The molecule has 1 aliphatic carbocycles. The summed E-state index contributed by atoms with van der Waals surface area (Å²) in [6.07, 6.45) is 12.4. The van der Waals surface area contributed by atoms with Crippen LogP contribution in [0.3, 0.4) is 0 Å². The Kier molecular flexibility index (Phi) is 8.40. The number of nitrogens with zero attached hydrogens (tertiary/aromatic N) is 2. The molecule has 0 atom stereocenters. The maximum Gasteiger partial charge on any atom is 0.330 e. The minimum atomic E-state index is -0.394. The van der Waals surface area contributed by atoms with Crippen LogP contribution in [-0.4, -0.2) is 32.1 Å². The summed E-state index contributed by atoms with van der Waals surface area (Å²) in [7, 11) is 1.37. The number of ether oxygens (including phenoxy) is 1. The summed E-state index contributed by atoms with van der Waals surface area (Å²) in [6.45, 7) is 2.79. The van der Waals surface area contributed by atoms with Crippen LogP contribution in [0.15, 0.2) is 54.6 Å². The molecule has 5 nitrogen and oxygen atoms in total. The number of benzene rings is 2. The predicted molar refractivity (Wildman–Crippen MR) is 138 cm³/mol. The Morgan fingerprint density at radius 2 is 1.68 bits per heavy atom. The zero-order valence-electron chi connectivity index (χ0n) is 20.2. The smallest absolute Gasteiger partial charge is 0.330 e. The van der Waals surface area contributed by atoms with Gasteiger partial charge in [0.1, 0.15) is 0 Å². The first-order valence-electron chi connectivity index (χ1n) is 12.7. The molecule has 1 saturated heterocycles. The Morgan fingerprint density at radius 1 is 0.971 bits per heavy atom. The van der Waals surface area contributed by atoms with Crippen LogP contribution in [0.4, 0.5) is 11.4 Å². The number of hydrogen-bond donors (Lipinski definition) is 0. The molecule has 4 rings (SSSR count). The van der Waals surface area contributed by atoms with Crippen molar-refractivity contribution in [2.75, 3.05) is 30.0 Å². The Hall–Kier alpha value is -3.08. The van der Waals surface area contributed by atoms with Crippen LogP contribution < -0.4 is 9.80 Å². The Bertz CT molecular complexity index is 987. The molecule has 2 aromatic rings. The van der Waals surface area contributed by atoms with Gasteiger partial charge in [0.15, 0.2) is 0 Å². The van der Waals surface area contributed by atoms with Gasteiger partial charge in [-0.1, -0.05) is 43.5 Å². The fourth-order valence-corrected chi connectivity index (χ4v) is 5.04. The highest BCUT2D eigenvalue weighted by Crippen LogP contribution is 2.30. The second-order valence-electron chi connectivity index (χ2n) is 9.42. The number of rotatable bonds is 7. The quantitative estimate of drug-likeness (QED) is 0.377. The summed E-state index contributed by atoms with van der Waals surface area (Å²) in [6, 6.07) is 16.5. The molecule has 1 aliphatic heterocycles. The van der Waals surface area contributed by atoms with Crippen molar-refractivity contribution in [1.82, 2.24) is 0 Å². The third kappa shape index (κ3) is 6.28. The second kappa shape index (κ2) is 11.9. The van der Waals surface area contributed by atoms with E-state index in [1.54, 1.807) is 6.08 Å². The third-order valence-corrected chi connectivity index (χ3v) is 7.01. The van der Waals surface area contributed by atoms with Gasteiger partial charge in [0.05, 0.1) is 13.7 Å². The highest BCUT2D eigenvalue weighted by Gasteiger charge is 2.27. The topological polar surface area (TPSA) is 49.9 Å². The lowest BCUT2D eigenvalue weighted by molar-refractivity contribution is -0.134. The number of hydrogen-bond acceptors (Lipinski definition) is 4. The van der Waals surface area contributed by atoms with Crippen LogP contribution in [-0.2, 0) is 20.9 Å². The summed E-state index contributed by atoms with van der Waals surface area (Å²) in [5, 5.41) is 0. The summed E-state index contributed by atoms with van der Waals surface area (Å²) < 4.78 is 4.71. The zero-order valence-corrected chi connectivity index (χ0v) is 20.2. The molecule has 0 unspecified atom stereocenters. The molecule has 0 radical (unpaired) electrons. The van der Waals surface area contributed by atoms with Crippen LogP contribution >= 0.6 is 0 Å². The Morgan fingerprint density at radius 3 is 2.38 bits per heavy atom. The van der Waals surface area contributed by atoms with Gasteiger partial charge in [0.25, 0.3) is 0 Å². The molecule has 2 fully saturated rings. The molecule has 2 aliphatic rings. The second-order valence-corrected chi connectivity index (χ2v) is 9.42. The van der Waals surface area contributed by atoms with Crippen LogP contribution in [0.5, 0.6) is 0 Å². The van der Waals surface area contributed by atoms with Gasteiger partial charge in [0, 0.05) is 36.5 Å². The fraction of sp³-hybridized carbons (Fsp3) is 0.448. The van der Waals surface area contributed by atoms with E-state index in [4.69, 9.17) is 4.74 Å². The maximum absolute atomic E-state index is 13.7. The van der Waals surface area contributed by atoms with Crippen molar-refractivity contribution in [3.8, 4) is 0 Å². The Balaban J connectivity index is 1.56. The lowest BCUT2D eigenvalue weighted by atomic mass is 9.88. The van der Waals surface area contributed by atoms with Gasteiger partial charge in [-0.15, -0.1) is 0 Å². The number of carbonyl (C=O) groups is 2. The van der Waals surface area contributed by atoms with Crippen molar-refractivity contribution in [1.29, 1.82) is 0 Å². The van der Waals surface area contributed by atoms with Crippen LogP contribution in [0.25, 0.3) is 6.08 Å². The summed E-state index contributed by atoms with van der Waals surface area (Å²) >= 11 is 0. The van der Waals surface area contributed by atoms with E-state index in [0.29, 0.717) is 6.54 Å². The molecule has 2 aromatic carbocycles. The average molecular weight is 461 g/mol. The molecule has 0 spiro atoms. The van der Waals surface area contributed by atoms with Gasteiger partial charge in [-0.3, -0.25) is 4.79 Å². The molecule has 1 heterocycles. The molecular formula is C29H36N2O3. The van der Waals surface area contributed by atoms with Crippen molar-refractivity contribution in [3.05, 3.63) is 65.7 Å². The minimum absolute atomic E-state index is 0.0793. The number of esters is 1. The minimum Gasteiger partial charge on any atom is -0.466 e. The SMILES string of the molecule is COC(=O)/C=C/c1cccc(N(Cc2ccc(N3CCCCC3)cc2)C(=O)C2CCCCC2)c1. The Labute approximate surface area is 203 Å². The van der Waals surface area contributed by atoms with Crippen molar-refractivity contribution in [2.24, 2.45) is 5.92 Å². The molecular weight excluding hydrogens is 424 g/mol. The van der Waals surface area contributed by atoms with Gasteiger partial charge in [-0.2, -0.15) is 0 Å². The monoisotopic (exact) mass is 460 g/mol. The van der Waals surface area contributed by atoms with Gasteiger partial charge >= 0.3 is 5.97 Å². The highest BCUT2D eigenvalue weighted by atomic mass is 16.5. The summed E-state index contributed by atoms with van der Waals surface area (Å²) in [5.41, 5.74) is 4.12. The van der Waals surface area contributed by atoms with E-state index in [2.05, 4.69) is 29.2 Å². The lowest BCUT2D eigenvalue weighted by Crippen LogP contribution is -2.36. The van der Waals surface area contributed by atoms with Gasteiger partial charge < -0.3 is 14.5 Å². The first kappa shape index (κ1) is 24.1. The number of methoxy groups -OCH3 is 1. The van der Waals surface area contributed by atoms with Crippen LogP contribution in [0.2, 0.25) is 0 Å². The van der Waals surface area contributed by atoms with Crippen molar-refractivity contribution in [3.63, 3.8) is 0 Å². The zero-order chi connectivity index (χ0) is 23.8. The van der Waals surface area contributed by atoms with Crippen LogP contribution in [0.1, 0.15) is 62.5 Å². The largest absolute Gasteiger partial charge is 0.466 e. The van der Waals surface area contributed by atoms with Crippen molar-refractivity contribution >= 4 is 29.3 Å². The molecule has 180 valence electrons. The predicted octanol–water partition coefficient (Wildman–Crippen LogP) is 5.98. The molecule has 0 aromatic heterocycles. The number of anilines is 2. The van der Waals surface area contributed by atoms with Crippen molar-refractivity contribution in [2.45, 2.75) is 57.9 Å². The summed E-state index contributed by atoms with van der Waals surface area (Å²) in [5.74, 6) is -0.112. The van der Waals surface area contributed by atoms with E-state index in [1.807, 2.05) is 29.2 Å². The van der Waals surface area contributed by atoms with E-state index < -0.39 is 5.97 Å². The first-order valence-corrected chi connectivity index (χ1v) is 12.7. The van der Waals surface area contributed by atoms with E-state index >= 15 is 0 Å². The lowest BCUT2D eigenvalue weighted by Gasteiger charge is -2.31. The number of amides is 1. The molecule has 1 saturated carbocycles. The molecule has 0 N–H and O–H groups in total. The van der Waals surface area contributed by atoms with E-state index in [1.165, 1.54) is 44.6 Å². The average Bonchev–Trinajstić information content (AvgIpc) is 2.91. The van der Waals surface area contributed by atoms with E-state index in [0.717, 1.165) is 55.6 Å². The van der Waals surface area contributed by atoms with Gasteiger partial charge in [-0.25, -0.2) is 4.79 Å². The van der Waals surface area contributed by atoms with Gasteiger partial charge in [-0.05, 0) is 73.6 Å². The standard InChI is InChI=1S/C29H36N2O3/c1-34-28(32)18-15-23-9-8-12-27(21-23)31(29(33)25-10-4-2-5-11-25)22-24-13-16-26(17-14-24)30-19-6-3-7-20-30/h8-9,12-18,21,25H,2-7,10-11,19-20,22H2,1H3/b18-15+. The third-order valence-electron chi connectivity index (χ3n) is 7.01. The first-order chi connectivity index (χ1) is 16.6. The molecule has 1 amide bonds. The number of carbonyl (C=O) groups excluding carboxylic acids is 2. The molecule has 34 heavy (non-hydrogen) atoms. The maximum atomic E-state index is 13.7. The van der Waals surface area contributed by atoms with Crippen LogP contribution in [0, 0.1) is 5.92 Å². The number of piperidine rings is 1.